The van der Waals surface area contributed by atoms with Crippen LogP contribution < -0.4 is 0 Å². The average molecular weight is 234 g/mol. The number of benzene rings is 1. The van der Waals surface area contributed by atoms with Crippen LogP contribution in [0, 0.1) is 0 Å². The standard InChI is InChI=1S/C13H14O2S/c1-2-15-13(14)11-7-8-16-12-6-4-3-5-10(12)9-11/h3-6,9H,2,7-8H2,1H3. The van der Waals surface area contributed by atoms with Crippen LogP contribution in [0.3, 0.4) is 0 Å². The Balaban J connectivity index is 2.29. The lowest BCUT2D eigenvalue weighted by Crippen LogP contribution is -2.07. The molecule has 16 heavy (non-hydrogen) atoms. The fourth-order valence-corrected chi connectivity index (χ4v) is 2.66. The number of hydrogen-bond acceptors (Lipinski definition) is 3. The first-order valence-electron chi connectivity index (χ1n) is 5.41. The van der Waals surface area contributed by atoms with Crippen molar-refractivity contribution < 1.29 is 9.53 Å². The number of thioether (sulfide) groups is 1. The second-order valence-electron chi connectivity index (χ2n) is 3.53. The predicted molar refractivity (Wildman–Crippen MR) is 66.4 cm³/mol. The van der Waals surface area contributed by atoms with Crippen LogP contribution in [0.25, 0.3) is 6.08 Å². The summed E-state index contributed by atoms with van der Waals surface area (Å²) < 4.78 is 5.04. The van der Waals surface area contributed by atoms with Crippen LogP contribution >= 0.6 is 11.8 Å². The van der Waals surface area contributed by atoms with Gasteiger partial charge in [0.15, 0.2) is 0 Å². The maximum absolute atomic E-state index is 11.7. The molecular formula is C13H14O2S. The smallest absolute Gasteiger partial charge is 0.334 e. The number of ether oxygens (including phenoxy) is 1. The molecule has 0 radical (unpaired) electrons. The van der Waals surface area contributed by atoms with E-state index in [1.165, 1.54) is 4.90 Å². The second kappa shape index (κ2) is 5.21. The van der Waals surface area contributed by atoms with Crippen molar-refractivity contribution in [1.29, 1.82) is 0 Å². The van der Waals surface area contributed by atoms with Crippen LogP contribution in [0.4, 0.5) is 0 Å². The number of fused-ring (bicyclic) bond motifs is 1. The Hall–Kier alpha value is -1.22. The molecule has 1 aliphatic rings. The van der Waals surface area contributed by atoms with Crippen LogP contribution in [0.1, 0.15) is 18.9 Å². The molecule has 0 atom stereocenters. The Morgan fingerprint density at radius 3 is 3.06 bits per heavy atom. The Labute approximate surface area is 99.7 Å². The molecule has 0 saturated carbocycles. The molecular weight excluding hydrogens is 220 g/mol. The minimum atomic E-state index is -0.181. The Morgan fingerprint density at radius 2 is 2.25 bits per heavy atom. The van der Waals surface area contributed by atoms with Crippen molar-refractivity contribution in [3.8, 4) is 0 Å². The third-order valence-electron chi connectivity index (χ3n) is 2.42. The molecule has 0 spiro atoms. The van der Waals surface area contributed by atoms with Gasteiger partial charge in [0.2, 0.25) is 0 Å². The fourth-order valence-electron chi connectivity index (χ4n) is 1.65. The summed E-state index contributed by atoms with van der Waals surface area (Å²) >= 11 is 1.79. The molecule has 0 bridgehead atoms. The quantitative estimate of drug-likeness (QED) is 0.735. The summed E-state index contributed by atoms with van der Waals surface area (Å²) in [6.45, 7) is 2.27. The zero-order valence-electron chi connectivity index (χ0n) is 9.23. The summed E-state index contributed by atoms with van der Waals surface area (Å²) in [5.74, 6) is 0.751. The molecule has 0 saturated heterocycles. The summed E-state index contributed by atoms with van der Waals surface area (Å²) in [7, 11) is 0. The first kappa shape index (κ1) is 11.3. The van der Waals surface area contributed by atoms with Crippen molar-refractivity contribution in [1.82, 2.24) is 0 Å². The summed E-state index contributed by atoms with van der Waals surface area (Å²) in [6, 6.07) is 8.14. The van der Waals surface area contributed by atoms with E-state index in [4.69, 9.17) is 4.74 Å². The highest BCUT2D eigenvalue weighted by Gasteiger charge is 2.15. The van der Waals surface area contributed by atoms with Crippen molar-refractivity contribution in [2.75, 3.05) is 12.4 Å². The van der Waals surface area contributed by atoms with Crippen molar-refractivity contribution in [3.63, 3.8) is 0 Å². The number of carbonyl (C=O) groups excluding carboxylic acids is 1. The Morgan fingerprint density at radius 1 is 1.44 bits per heavy atom. The lowest BCUT2D eigenvalue weighted by atomic mass is 10.1. The first-order valence-corrected chi connectivity index (χ1v) is 6.39. The van der Waals surface area contributed by atoms with E-state index in [9.17, 15) is 4.79 Å². The second-order valence-corrected chi connectivity index (χ2v) is 4.66. The zero-order valence-corrected chi connectivity index (χ0v) is 10.0. The third kappa shape index (κ3) is 2.47. The summed E-state index contributed by atoms with van der Waals surface area (Å²) in [6.07, 6.45) is 2.73. The van der Waals surface area contributed by atoms with E-state index < -0.39 is 0 Å². The molecule has 2 rings (SSSR count). The van der Waals surface area contributed by atoms with Crippen LogP contribution in [0.2, 0.25) is 0 Å². The van der Waals surface area contributed by atoms with Gasteiger partial charge in [0.25, 0.3) is 0 Å². The Kier molecular flexibility index (Phi) is 3.67. The van der Waals surface area contributed by atoms with Gasteiger partial charge in [-0.05, 0) is 31.1 Å². The van der Waals surface area contributed by atoms with Crippen LogP contribution in [0.15, 0.2) is 34.7 Å². The van der Waals surface area contributed by atoms with Gasteiger partial charge in [0, 0.05) is 16.2 Å². The van der Waals surface area contributed by atoms with Crippen LogP contribution in [0.5, 0.6) is 0 Å². The highest BCUT2D eigenvalue weighted by molar-refractivity contribution is 7.99. The van der Waals surface area contributed by atoms with Crippen LogP contribution in [-0.4, -0.2) is 18.3 Å². The molecule has 0 aromatic heterocycles. The molecule has 1 aromatic carbocycles. The first-order chi connectivity index (χ1) is 7.81. The molecule has 1 heterocycles. The lowest BCUT2D eigenvalue weighted by molar-refractivity contribution is -0.138. The fraction of sp³-hybridized carbons (Fsp3) is 0.308. The zero-order chi connectivity index (χ0) is 11.4. The van der Waals surface area contributed by atoms with E-state index in [1.54, 1.807) is 11.8 Å². The van der Waals surface area contributed by atoms with Gasteiger partial charge in [-0.1, -0.05) is 18.2 Å². The number of hydrogen-bond donors (Lipinski definition) is 0. The highest BCUT2D eigenvalue weighted by atomic mass is 32.2. The summed E-state index contributed by atoms with van der Waals surface area (Å²) in [5, 5.41) is 0. The van der Waals surface area contributed by atoms with Gasteiger partial charge in [-0.15, -0.1) is 11.8 Å². The monoisotopic (exact) mass is 234 g/mol. The van der Waals surface area contributed by atoms with Crippen molar-refractivity contribution in [2.24, 2.45) is 0 Å². The van der Waals surface area contributed by atoms with Gasteiger partial charge in [0.1, 0.15) is 0 Å². The van der Waals surface area contributed by atoms with Gasteiger partial charge < -0.3 is 4.74 Å². The van der Waals surface area contributed by atoms with Gasteiger partial charge >= 0.3 is 5.97 Å². The molecule has 84 valence electrons. The van der Waals surface area contributed by atoms with Crippen LogP contribution in [-0.2, 0) is 9.53 Å². The van der Waals surface area contributed by atoms with Gasteiger partial charge in [0.05, 0.1) is 6.61 Å². The summed E-state index contributed by atoms with van der Waals surface area (Å²) in [5.41, 5.74) is 1.90. The third-order valence-corrected chi connectivity index (χ3v) is 3.51. The molecule has 1 aromatic rings. The van der Waals surface area contributed by atoms with Crippen molar-refractivity contribution >= 4 is 23.8 Å². The minimum absolute atomic E-state index is 0.181. The van der Waals surface area contributed by atoms with Crippen molar-refractivity contribution in [3.05, 3.63) is 35.4 Å². The Bertz CT molecular complexity index is 424. The van der Waals surface area contributed by atoms with E-state index in [0.717, 1.165) is 23.3 Å². The average Bonchev–Trinajstić information content (AvgIpc) is 2.51. The maximum Gasteiger partial charge on any atom is 0.334 e. The van der Waals surface area contributed by atoms with E-state index in [1.807, 2.05) is 31.2 Å². The van der Waals surface area contributed by atoms with E-state index in [-0.39, 0.29) is 5.97 Å². The molecule has 2 nitrogen and oxygen atoms in total. The minimum Gasteiger partial charge on any atom is -0.463 e. The largest absolute Gasteiger partial charge is 0.463 e. The normalized spacial score (nSPS) is 14.7. The number of rotatable bonds is 2. The SMILES string of the molecule is CCOC(=O)C1=Cc2ccccc2SCC1. The number of carbonyl (C=O) groups is 1. The molecule has 3 heteroatoms. The van der Waals surface area contributed by atoms with E-state index >= 15 is 0 Å². The molecule has 1 aliphatic heterocycles. The molecule has 0 unspecified atom stereocenters. The highest BCUT2D eigenvalue weighted by Crippen LogP contribution is 2.30. The predicted octanol–water partition coefficient (Wildman–Crippen LogP) is 3.13. The lowest BCUT2D eigenvalue weighted by Gasteiger charge is -2.03. The topological polar surface area (TPSA) is 26.3 Å². The molecule has 0 fully saturated rings. The summed E-state index contributed by atoms with van der Waals surface area (Å²) in [4.78, 5) is 12.9. The van der Waals surface area contributed by atoms with Gasteiger partial charge in [-0.2, -0.15) is 0 Å². The molecule has 0 aliphatic carbocycles. The number of esters is 1. The van der Waals surface area contributed by atoms with Gasteiger partial charge in [-0.3, -0.25) is 0 Å². The van der Waals surface area contributed by atoms with Gasteiger partial charge in [-0.25, -0.2) is 4.79 Å². The van der Waals surface area contributed by atoms with Crippen molar-refractivity contribution in [2.45, 2.75) is 18.2 Å². The van der Waals surface area contributed by atoms with E-state index in [0.29, 0.717) is 6.61 Å². The molecule has 0 amide bonds. The maximum atomic E-state index is 11.7. The molecule has 0 N–H and O–H groups in total. The van der Waals surface area contributed by atoms with E-state index in [2.05, 4.69) is 6.07 Å².